The Balaban J connectivity index is 2.14. The molecule has 0 heterocycles. The number of hydrogen-bond acceptors (Lipinski definition) is 1. The molecule has 0 saturated carbocycles. The zero-order valence-corrected chi connectivity index (χ0v) is 11.5. The lowest BCUT2D eigenvalue weighted by molar-refractivity contribution is 0.363. The van der Waals surface area contributed by atoms with E-state index >= 15 is 0 Å². The van der Waals surface area contributed by atoms with Crippen molar-refractivity contribution in [1.29, 1.82) is 0 Å². The van der Waals surface area contributed by atoms with Gasteiger partial charge in [0, 0.05) is 10.6 Å². The number of benzene rings is 2. The SMILES string of the molecule is C=CCOc1ccc(C#Cc2ccc(Cl)cc2F)cc1. The smallest absolute Gasteiger partial charge is 0.140 e. The molecule has 0 aliphatic carbocycles. The molecular formula is C17H12ClFO. The average Bonchev–Trinajstić information content (AvgIpc) is 2.45. The van der Waals surface area contributed by atoms with Crippen LogP contribution in [0.2, 0.25) is 5.02 Å². The lowest BCUT2D eigenvalue weighted by Crippen LogP contribution is -1.92. The molecule has 0 spiro atoms. The minimum absolute atomic E-state index is 0.321. The van der Waals surface area contributed by atoms with E-state index in [9.17, 15) is 4.39 Å². The van der Waals surface area contributed by atoms with Crippen molar-refractivity contribution in [3.8, 4) is 17.6 Å². The van der Waals surface area contributed by atoms with Crippen molar-refractivity contribution in [3.63, 3.8) is 0 Å². The van der Waals surface area contributed by atoms with Crippen molar-refractivity contribution in [2.45, 2.75) is 0 Å². The molecule has 3 heteroatoms. The monoisotopic (exact) mass is 286 g/mol. The second kappa shape index (κ2) is 6.79. The lowest BCUT2D eigenvalue weighted by Gasteiger charge is -2.01. The number of halogens is 2. The van der Waals surface area contributed by atoms with Gasteiger partial charge in [-0.05, 0) is 42.5 Å². The first-order valence-electron chi connectivity index (χ1n) is 6.00. The fraction of sp³-hybridized carbons (Fsp3) is 0.0588. The van der Waals surface area contributed by atoms with Crippen molar-refractivity contribution < 1.29 is 9.13 Å². The molecule has 1 nitrogen and oxygen atoms in total. The van der Waals surface area contributed by atoms with Crippen molar-refractivity contribution in [2.24, 2.45) is 0 Å². The molecule has 20 heavy (non-hydrogen) atoms. The molecule has 0 aromatic heterocycles. The van der Waals surface area contributed by atoms with Crippen LogP contribution in [0.5, 0.6) is 5.75 Å². The van der Waals surface area contributed by atoms with Gasteiger partial charge in [0.25, 0.3) is 0 Å². The highest BCUT2D eigenvalue weighted by molar-refractivity contribution is 6.30. The highest BCUT2D eigenvalue weighted by Crippen LogP contribution is 2.14. The zero-order valence-electron chi connectivity index (χ0n) is 10.7. The predicted octanol–water partition coefficient (Wildman–Crippen LogP) is 4.44. The summed E-state index contributed by atoms with van der Waals surface area (Å²) in [5.74, 6) is 6.00. The van der Waals surface area contributed by atoms with E-state index in [0.717, 1.165) is 11.3 Å². The summed E-state index contributed by atoms with van der Waals surface area (Å²) in [5, 5.41) is 0.358. The van der Waals surface area contributed by atoms with E-state index in [0.29, 0.717) is 17.2 Å². The van der Waals surface area contributed by atoms with E-state index in [2.05, 4.69) is 18.4 Å². The minimum Gasteiger partial charge on any atom is -0.490 e. The summed E-state index contributed by atoms with van der Waals surface area (Å²) >= 11 is 5.68. The van der Waals surface area contributed by atoms with Crippen LogP contribution in [0.15, 0.2) is 55.1 Å². The maximum Gasteiger partial charge on any atom is 0.140 e. The van der Waals surface area contributed by atoms with Gasteiger partial charge < -0.3 is 4.74 Å². The average molecular weight is 287 g/mol. The standard InChI is InChI=1S/C17H12ClFO/c1-2-11-20-16-9-4-13(5-10-16)3-6-14-7-8-15(18)12-17(14)19/h2,4-5,7-10,12H,1,11H2. The molecule has 0 bridgehead atoms. The van der Waals surface area contributed by atoms with Gasteiger partial charge in [-0.15, -0.1) is 0 Å². The maximum atomic E-state index is 13.5. The van der Waals surface area contributed by atoms with E-state index in [4.69, 9.17) is 16.3 Å². The molecule has 0 amide bonds. The van der Waals surface area contributed by atoms with Gasteiger partial charge in [0.15, 0.2) is 0 Å². The van der Waals surface area contributed by atoms with Crippen molar-refractivity contribution in [2.75, 3.05) is 6.61 Å². The van der Waals surface area contributed by atoms with Gasteiger partial charge in [0.05, 0.1) is 5.56 Å². The summed E-state index contributed by atoms with van der Waals surface area (Å²) in [4.78, 5) is 0. The van der Waals surface area contributed by atoms with Crippen molar-refractivity contribution in [1.82, 2.24) is 0 Å². The fourth-order valence-corrected chi connectivity index (χ4v) is 1.68. The number of hydrogen-bond donors (Lipinski definition) is 0. The molecule has 2 rings (SSSR count). The molecule has 100 valence electrons. The molecular weight excluding hydrogens is 275 g/mol. The maximum absolute atomic E-state index is 13.5. The van der Waals surface area contributed by atoms with Gasteiger partial charge in [0.1, 0.15) is 18.2 Å². The first-order chi connectivity index (χ1) is 9.69. The third-order valence-corrected chi connectivity index (χ3v) is 2.73. The van der Waals surface area contributed by atoms with Gasteiger partial charge in [-0.3, -0.25) is 0 Å². The van der Waals surface area contributed by atoms with Crippen LogP contribution < -0.4 is 4.74 Å². The first-order valence-corrected chi connectivity index (χ1v) is 6.37. The van der Waals surface area contributed by atoms with Gasteiger partial charge in [0.2, 0.25) is 0 Å². The van der Waals surface area contributed by atoms with Crippen LogP contribution >= 0.6 is 11.6 Å². The summed E-state index contributed by atoms with van der Waals surface area (Å²) in [6.45, 7) is 4.04. The van der Waals surface area contributed by atoms with Crippen LogP contribution in [-0.4, -0.2) is 6.61 Å². The Bertz CT molecular complexity index is 666. The van der Waals surface area contributed by atoms with Gasteiger partial charge in [-0.1, -0.05) is 36.1 Å². The van der Waals surface area contributed by atoms with E-state index in [-0.39, 0.29) is 0 Å². The minimum atomic E-state index is -0.420. The Kier molecular flexibility index (Phi) is 4.81. The summed E-state index contributed by atoms with van der Waals surface area (Å²) in [6, 6.07) is 11.7. The Morgan fingerprint density at radius 1 is 1.15 bits per heavy atom. The van der Waals surface area contributed by atoms with Crippen molar-refractivity contribution >= 4 is 11.6 Å². The molecule has 0 atom stereocenters. The molecule has 0 aliphatic heterocycles. The molecule has 0 fully saturated rings. The molecule has 0 radical (unpaired) electrons. The Labute approximate surface area is 122 Å². The highest BCUT2D eigenvalue weighted by Gasteiger charge is 1.99. The van der Waals surface area contributed by atoms with Gasteiger partial charge in [-0.2, -0.15) is 0 Å². The van der Waals surface area contributed by atoms with E-state index in [1.165, 1.54) is 6.07 Å². The van der Waals surface area contributed by atoms with E-state index < -0.39 is 5.82 Å². The Morgan fingerprint density at radius 3 is 2.55 bits per heavy atom. The molecule has 0 aliphatic rings. The Hall–Kier alpha value is -2.24. The predicted molar refractivity (Wildman–Crippen MR) is 79.5 cm³/mol. The quantitative estimate of drug-likeness (QED) is 0.598. The van der Waals surface area contributed by atoms with Crippen molar-refractivity contribution in [3.05, 3.63) is 77.1 Å². The van der Waals surface area contributed by atoms with Gasteiger partial charge in [-0.25, -0.2) is 4.39 Å². The third kappa shape index (κ3) is 3.88. The second-order valence-electron chi connectivity index (χ2n) is 4.00. The fourth-order valence-electron chi connectivity index (χ4n) is 1.52. The van der Waals surface area contributed by atoms with E-state index in [1.807, 2.05) is 24.3 Å². The van der Waals surface area contributed by atoms with Gasteiger partial charge >= 0.3 is 0 Å². The number of rotatable bonds is 3. The molecule has 2 aromatic carbocycles. The second-order valence-corrected chi connectivity index (χ2v) is 4.43. The van der Waals surface area contributed by atoms with Crippen LogP contribution in [0.4, 0.5) is 4.39 Å². The van der Waals surface area contributed by atoms with Crippen LogP contribution in [0.25, 0.3) is 0 Å². The third-order valence-electron chi connectivity index (χ3n) is 2.49. The number of ether oxygens (including phenoxy) is 1. The summed E-state index contributed by atoms with van der Waals surface area (Å²) in [6.07, 6.45) is 1.68. The van der Waals surface area contributed by atoms with Crippen LogP contribution in [0, 0.1) is 17.7 Å². The highest BCUT2D eigenvalue weighted by atomic mass is 35.5. The topological polar surface area (TPSA) is 9.23 Å². The van der Waals surface area contributed by atoms with Crippen LogP contribution in [0.3, 0.4) is 0 Å². The molecule has 0 N–H and O–H groups in total. The molecule has 2 aromatic rings. The zero-order chi connectivity index (χ0) is 14.4. The largest absolute Gasteiger partial charge is 0.490 e. The summed E-state index contributed by atoms with van der Waals surface area (Å²) in [7, 11) is 0. The summed E-state index contributed by atoms with van der Waals surface area (Å²) in [5.41, 5.74) is 1.10. The molecule has 0 unspecified atom stereocenters. The van der Waals surface area contributed by atoms with Crippen LogP contribution in [0.1, 0.15) is 11.1 Å². The normalized spacial score (nSPS) is 9.50. The molecule has 0 saturated heterocycles. The Morgan fingerprint density at radius 2 is 1.90 bits per heavy atom. The van der Waals surface area contributed by atoms with Crippen LogP contribution in [-0.2, 0) is 0 Å². The lowest BCUT2D eigenvalue weighted by atomic mass is 10.1. The van der Waals surface area contributed by atoms with E-state index in [1.54, 1.807) is 18.2 Å². The summed E-state index contributed by atoms with van der Waals surface area (Å²) < 4.78 is 18.9. The first kappa shape index (κ1) is 14.2.